The molecular formula is C26H27F3N2O5S. The van der Waals surface area contributed by atoms with Crippen molar-refractivity contribution in [2.45, 2.75) is 49.9 Å². The second kappa shape index (κ2) is 12.0. The number of carbonyl (C=O) groups excluding carboxylic acids is 1. The lowest BCUT2D eigenvalue weighted by Gasteiger charge is -2.30. The number of nitrogens with zero attached hydrogens (tertiary/aromatic N) is 2. The molecule has 1 fully saturated rings. The van der Waals surface area contributed by atoms with E-state index in [1.165, 1.54) is 24.6 Å². The van der Waals surface area contributed by atoms with Gasteiger partial charge in [-0.15, -0.1) is 11.8 Å². The highest BCUT2D eigenvalue weighted by Crippen LogP contribution is 2.34. The maximum atomic E-state index is 12.9. The first-order chi connectivity index (χ1) is 17.7. The summed E-state index contributed by atoms with van der Waals surface area (Å²) in [6.07, 6.45) is 0.361. The molecule has 2 aromatic heterocycles. The first kappa shape index (κ1) is 27.0. The summed E-state index contributed by atoms with van der Waals surface area (Å²) in [6, 6.07) is 6.77. The van der Waals surface area contributed by atoms with Crippen LogP contribution in [0.2, 0.25) is 0 Å². The van der Waals surface area contributed by atoms with Crippen LogP contribution in [0.4, 0.5) is 13.2 Å². The third kappa shape index (κ3) is 7.04. The monoisotopic (exact) mass is 536 g/mol. The third-order valence-electron chi connectivity index (χ3n) is 5.92. The second-order valence-electron chi connectivity index (χ2n) is 8.64. The Morgan fingerprint density at radius 1 is 1.16 bits per heavy atom. The SMILES string of the molecule is CC1OCCN(Cc2cc(=O)c(OCCCCCSc3ccnc4cc(C(F)(F)F)ccc34)co2)C1=O. The normalized spacial score (nSPS) is 16.4. The maximum absolute atomic E-state index is 12.9. The molecule has 1 aromatic carbocycles. The number of fused-ring (bicyclic) bond motifs is 1. The summed E-state index contributed by atoms with van der Waals surface area (Å²) in [7, 11) is 0. The van der Waals surface area contributed by atoms with Crippen LogP contribution in [0.25, 0.3) is 10.9 Å². The van der Waals surface area contributed by atoms with Crippen molar-refractivity contribution in [1.82, 2.24) is 9.88 Å². The summed E-state index contributed by atoms with van der Waals surface area (Å²) in [5.74, 6) is 1.16. The molecule has 1 amide bonds. The van der Waals surface area contributed by atoms with Gasteiger partial charge < -0.3 is 18.8 Å². The number of rotatable bonds is 10. The Kier molecular flexibility index (Phi) is 8.75. The van der Waals surface area contributed by atoms with E-state index in [9.17, 15) is 22.8 Å². The average molecular weight is 537 g/mol. The van der Waals surface area contributed by atoms with E-state index in [1.807, 2.05) is 6.07 Å². The number of hydrogen-bond acceptors (Lipinski definition) is 7. The standard InChI is InChI=1S/C26H27F3N2O5S/c1-17-25(33)31(9-11-34-17)15-19-14-22(32)23(16-36-19)35-10-3-2-4-12-37-24-7-8-30-21-13-18(26(27,28)29)5-6-20(21)24/h5-8,13-14,16-17H,2-4,9-12,15H2,1H3. The molecule has 7 nitrogen and oxygen atoms in total. The molecule has 1 aliphatic rings. The molecule has 1 atom stereocenters. The van der Waals surface area contributed by atoms with E-state index < -0.39 is 17.8 Å². The summed E-state index contributed by atoms with van der Waals surface area (Å²) >= 11 is 1.57. The van der Waals surface area contributed by atoms with E-state index in [1.54, 1.807) is 23.6 Å². The number of unbranched alkanes of at least 4 members (excludes halogenated alkanes) is 2. The van der Waals surface area contributed by atoms with Crippen molar-refractivity contribution in [3.05, 3.63) is 64.3 Å². The van der Waals surface area contributed by atoms with Crippen molar-refractivity contribution in [3.63, 3.8) is 0 Å². The molecule has 0 saturated carbocycles. The van der Waals surface area contributed by atoms with Gasteiger partial charge in [0.1, 0.15) is 18.1 Å². The van der Waals surface area contributed by atoms with E-state index in [0.29, 0.717) is 36.4 Å². The largest absolute Gasteiger partial charge is 0.487 e. The number of hydrogen-bond donors (Lipinski definition) is 0. The fourth-order valence-corrected chi connectivity index (χ4v) is 4.97. The van der Waals surface area contributed by atoms with Crippen molar-refractivity contribution >= 4 is 28.6 Å². The Morgan fingerprint density at radius 2 is 2.00 bits per heavy atom. The Morgan fingerprint density at radius 3 is 2.78 bits per heavy atom. The number of alkyl halides is 3. The maximum Gasteiger partial charge on any atom is 0.416 e. The van der Waals surface area contributed by atoms with E-state index in [4.69, 9.17) is 13.9 Å². The van der Waals surface area contributed by atoms with Gasteiger partial charge in [0.25, 0.3) is 5.91 Å². The molecule has 3 aromatic rings. The van der Waals surface area contributed by atoms with Crippen molar-refractivity contribution in [2.75, 3.05) is 25.5 Å². The number of benzene rings is 1. The van der Waals surface area contributed by atoms with Crippen LogP contribution in [-0.4, -0.2) is 47.4 Å². The molecule has 11 heteroatoms. The number of halogens is 3. The second-order valence-corrected chi connectivity index (χ2v) is 9.78. The number of morpholine rings is 1. The zero-order chi connectivity index (χ0) is 26.4. The molecule has 1 unspecified atom stereocenters. The fraction of sp³-hybridized carbons (Fsp3) is 0.423. The van der Waals surface area contributed by atoms with Gasteiger partial charge in [0.15, 0.2) is 0 Å². The van der Waals surface area contributed by atoms with Crippen LogP contribution in [0.1, 0.15) is 37.5 Å². The molecule has 1 saturated heterocycles. The van der Waals surface area contributed by atoms with Crippen LogP contribution in [0, 0.1) is 0 Å². The Balaban J connectivity index is 1.19. The van der Waals surface area contributed by atoms with Gasteiger partial charge in [-0.05, 0) is 50.1 Å². The van der Waals surface area contributed by atoms with Gasteiger partial charge in [0.05, 0.1) is 30.8 Å². The first-order valence-corrected chi connectivity index (χ1v) is 12.9. The zero-order valence-electron chi connectivity index (χ0n) is 20.3. The lowest BCUT2D eigenvalue weighted by atomic mass is 10.1. The highest BCUT2D eigenvalue weighted by Gasteiger charge is 2.30. The van der Waals surface area contributed by atoms with Gasteiger partial charge >= 0.3 is 6.18 Å². The number of carbonyl (C=O) groups is 1. The van der Waals surface area contributed by atoms with Gasteiger partial charge in [0, 0.05) is 29.1 Å². The van der Waals surface area contributed by atoms with Crippen LogP contribution >= 0.6 is 11.8 Å². The van der Waals surface area contributed by atoms with Crippen LogP contribution < -0.4 is 10.2 Å². The van der Waals surface area contributed by atoms with E-state index >= 15 is 0 Å². The molecule has 0 bridgehead atoms. The summed E-state index contributed by atoms with van der Waals surface area (Å²) in [4.78, 5) is 31.0. The van der Waals surface area contributed by atoms with Crippen molar-refractivity contribution in [3.8, 4) is 5.75 Å². The lowest BCUT2D eigenvalue weighted by Crippen LogP contribution is -2.45. The molecule has 3 heterocycles. The highest BCUT2D eigenvalue weighted by molar-refractivity contribution is 7.99. The Hall–Kier alpha value is -3.05. The third-order valence-corrected chi connectivity index (χ3v) is 7.08. The number of aromatic nitrogens is 1. The number of thioether (sulfide) groups is 1. The minimum atomic E-state index is -4.40. The predicted octanol–water partition coefficient (Wildman–Crippen LogP) is 5.30. The molecule has 0 spiro atoms. The summed E-state index contributed by atoms with van der Waals surface area (Å²) in [6.45, 7) is 3.14. The molecule has 1 aliphatic heterocycles. The fourth-order valence-electron chi connectivity index (χ4n) is 3.92. The van der Waals surface area contributed by atoms with Crippen LogP contribution in [0.5, 0.6) is 5.75 Å². The topological polar surface area (TPSA) is 81.9 Å². The molecule has 0 N–H and O–H groups in total. The molecule has 0 radical (unpaired) electrons. The lowest BCUT2D eigenvalue weighted by molar-refractivity contribution is -0.152. The van der Waals surface area contributed by atoms with Crippen LogP contribution in [0.3, 0.4) is 0 Å². The summed E-state index contributed by atoms with van der Waals surface area (Å²) < 4.78 is 55.2. The van der Waals surface area contributed by atoms with Gasteiger partial charge in [-0.25, -0.2) is 0 Å². The van der Waals surface area contributed by atoms with Gasteiger partial charge in [0.2, 0.25) is 11.2 Å². The smallest absolute Gasteiger partial charge is 0.416 e. The van der Waals surface area contributed by atoms with E-state index in [-0.39, 0.29) is 23.6 Å². The molecule has 37 heavy (non-hydrogen) atoms. The minimum Gasteiger partial charge on any atom is -0.487 e. The molecule has 0 aliphatic carbocycles. The van der Waals surface area contributed by atoms with Gasteiger partial charge in [-0.1, -0.05) is 6.07 Å². The van der Waals surface area contributed by atoms with E-state index in [0.717, 1.165) is 42.0 Å². The van der Waals surface area contributed by atoms with Crippen LogP contribution in [-0.2, 0) is 22.3 Å². The van der Waals surface area contributed by atoms with Gasteiger partial charge in [-0.2, -0.15) is 13.2 Å². The minimum absolute atomic E-state index is 0.126. The van der Waals surface area contributed by atoms with Crippen molar-refractivity contribution < 1.29 is 31.9 Å². The Labute approximate surface area is 215 Å². The molecule has 198 valence electrons. The quantitative estimate of drug-likeness (QED) is 0.257. The highest BCUT2D eigenvalue weighted by atomic mass is 32.2. The van der Waals surface area contributed by atoms with Crippen molar-refractivity contribution in [2.24, 2.45) is 0 Å². The first-order valence-electron chi connectivity index (χ1n) is 12.0. The zero-order valence-corrected chi connectivity index (χ0v) is 21.1. The van der Waals surface area contributed by atoms with E-state index in [2.05, 4.69) is 4.98 Å². The molecule has 4 rings (SSSR count). The number of amides is 1. The number of ether oxygens (including phenoxy) is 2. The van der Waals surface area contributed by atoms with Crippen molar-refractivity contribution in [1.29, 1.82) is 0 Å². The Bertz CT molecular complexity index is 1300. The number of pyridine rings is 1. The summed E-state index contributed by atoms with van der Waals surface area (Å²) in [5.41, 5.74) is -0.687. The van der Waals surface area contributed by atoms with Crippen LogP contribution in [0.15, 0.2) is 56.9 Å². The average Bonchev–Trinajstić information content (AvgIpc) is 2.86. The molecular weight excluding hydrogens is 509 g/mol. The summed E-state index contributed by atoms with van der Waals surface area (Å²) in [5, 5.41) is 0.700. The van der Waals surface area contributed by atoms with Gasteiger partial charge in [-0.3, -0.25) is 14.6 Å². The predicted molar refractivity (Wildman–Crippen MR) is 133 cm³/mol.